The Kier molecular flexibility index (Phi) is 5.91. The van der Waals surface area contributed by atoms with Crippen molar-refractivity contribution in [2.24, 2.45) is 0 Å². The Hall–Kier alpha value is -3.52. The van der Waals surface area contributed by atoms with Gasteiger partial charge in [0.1, 0.15) is 5.52 Å². The maximum absolute atomic E-state index is 13.3. The number of ether oxygens (including phenoxy) is 1. The van der Waals surface area contributed by atoms with Crippen LogP contribution in [0.25, 0.3) is 32.9 Å². The van der Waals surface area contributed by atoms with Crippen molar-refractivity contribution >= 4 is 49.3 Å². The van der Waals surface area contributed by atoms with Gasteiger partial charge in [0.05, 0.1) is 18.3 Å². The molecule has 1 saturated heterocycles. The van der Waals surface area contributed by atoms with Crippen LogP contribution < -0.4 is 9.64 Å². The second-order valence-corrected chi connectivity index (χ2v) is 8.96. The number of rotatable bonds is 4. The number of nitrogens with zero attached hydrogens (tertiary/aromatic N) is 4. The number of piperazine rings is 1. The van der Waals surface area contributed by atoms with Gasteiger partial charge in [-0.1, -0.05) is 52.8 Å². The summed E-state index contributed by atoms with van der Waals surface area (Å²) in [6.07, 6.45) is 1.86. The number of hydrogen-bond acceptors (Lipinski definition) is 5. The van der Waals surface area contributed by atoms with E-state index in [4.69, 9.17) is 9.72 Å². The third kappa shape index (κ3) is 3.98. The van der Waals surface area contributed by atoms with Gasteiger partial charge in [0.15, 0.2) is 5.83 Å². The maximum Gasteiger partial charge on any atom is 0.282 e. The standard InChI is InChI=1S/C26H22BrFN4O2/c1-16(28)26(33)32-11-9-31(10-12-32)22-14-23(34-2)30-21-13-18(15-29-25(21)22)19-7-3-5-17-6-4-8-20(27)24(17)19/h3-8,13-15H,1,9-12H2,2H3. The van der Waals surface area contributed by atoms with Crippen LogP contribution in [0.1, 0.15) is 0 Å². The molecule has 0 radical (unpaired) electrons. The average molecular weight is 521 g/mol. The molecule has 8 heteroatoms. The zero-order chi connectivity index (χ0) is 23.8. The molecule has 0 N–H and O–H groups in total. The van der Waals surface area contributed by atoms with Crippen LogP contribution in [0.15, 0.2) is 71.6 Å². The van der Waals surface area contributed by atoms with E-state index in [0.29, 0.717) is 37.6 Å². The van der Waals surface area contributed by atoms with Crippen LogP contribution >= 0.6 is 15.9 Å². The monoisotopic (exact) mass is 520 g/mol. The topological polar surface area (TPSA) is 58.6 Å². The van der Waals surface area contributed by atoms with E-state index in [1.54, 1.807) is 7.11 Å². The lowest BCUT2D eigenvalue weighted by Crippen LogP contribution is -2.49. The average Bonchev–Trinajstić information content (AvgIpc) is 2.87. The predicted molar refractivity (Wildman–Crippen MR) is 136 cm³/mol. The van der Waals surface area contributed by atoms with Gasteiger partial charge in [-0.05, 0) is 23.1 Å². The number of anilines is 1. The van der Waals surface area contributed by atoms with Gasteiger partial charge in [-0.3, -0.25) is 9.78 Å². The second kappa shape index (κ2) is 9.02. The van der Waals surface area contributed by atoms with Crippen molar-refractivity contribution in [2.75, 3.05) is 38.2 Å². The molecule has 0 bridgehead atoms. The Balaban J connectivity index is 1.55. The second-order valence-electron chi connectivity index (χ2n) is 8.10. The summed E-state index contributed by atoms with van der Waals surface area (Å²) < 4.78 is 19.8. The molecule has 0 unspecified atom stereocenters. The molecule has 1 fully saturated rings. The number of pyridine rings is 2. The molecule has 172 valence electrons. The molecular formula is C26H22BrFN4O2. The van der Waals surface area contributed by atoms with Gasteiger partial charge in [0.25, 0.3) is 5.91 Å². The fourth-order valence-electron chi connectivity index (χ4n) is 4.42. The fraction of sp³-hybridized carbons (Fsp3) is 0.192. The first kappa shape index (κ1) is 22.3. The zero-order valence-corrected chi connectivity index (χ0v) is 20.2. The Labute approximate surface area is 204 Å². The minimum Gasteiger partial charge on any atom is -0.481 e. The van der Waals surface area contributed by atoms with Crippen molar-refractivity contribution in [2.45, 2.75) is 0 Å². The molecule has 4 aromatic rings. The van der Waals surface area contributed by atoms with Gasteiger partial charge in [0, 0.05) is 53.9 Å². The number of methoxy groups -OCH3 is 1. The molecule has 34 heavy (non-hydrogen) atoms. The van der Waals surface area contributed by atoms with Crippen LogP contribution in [0.5, 0.6) is 5.88 Å². The number of hydrogen-bond donors (Lipinski definition) is 0. The summed E-state index contributed by atoms with van der Waals surface area (Å²) in [5, 5.41) is 2.25. The summed E-state index contributed by atoms with van der Waals surface area (Å²) in [5.74, 6) is -1.10. The van der Waals surface area contributed by atoms with Gasteiger partial charge in [-0.15, -0.1) is 0 Å². The van der Waals surface area contributed by atoms with Gasteiger partial charge in [-0.25, -0.2) is 9.37 Å². The van der Waals surface area contributed by atoms with Crippen molar-refractivity contribution in [1.29, 1.82) is 0 Å². The Morgan fingerprint density at radius 2 is 1.85 bits per heavy atom. The molecule has 0 aliphatic carbocycles. The highest BCUT2D eigenvalue weighted by Gasteiger charge is 2.25. The van der Waals surface area contributed by atoms with E-state index in [-0.39, 0.29) is 0 Å². The lowest BCUT2D eigenvalue weighted by molar-refractivity contribution is -0.128. The summed E-state index contributed by atoms with van der Waals surface area (Å²) in [7, 11) is 1.58. The summed E-state index contributed by atoms with van der Waals surface area (Å²) >= 11 is 3.69. The van der Waals surface area contributed by atoms with Crippen LogP contribution in [0.4, 0.5) is 10.1 Å². The third-order valence-electron chi connectivity index (χ3n) is 6.11. The van der Waals surface area contributed by atoms with Gasteiger partial charge in [-0.2, -0.15) is 0 Å². The molecule has 1 aliphatic rings. The number of carbonyl (C=O) groups excluding carboxylic acids is 1. The molecule has 0 atom stereocenters. The molecule has 0 saturated carbocycles. The van der Waals surface area contributed by atoms with Crippen molar-refractivity contribution in [1.82, 2.24) is 14.9 Å². The molecule has 6 nitrogen and oxygen atoms in total. The van der Waals surface area contributed by atoms with Crippen molar-refractivity contribution in [3.63, 3.8) is 0 Å². The first-order chi connectivity index (χ1) is 16.5. The molecule has 2 aromatic carbocycles. The Morgan fingerprint density at radius 3 is 2.56 bits per heavy atom. The maximum atomic E-state index is 13.3. The summed E-state index contributed by atoms with van der Waals surface area (Å²) in [5.41, 5.74) is 4.35. The zero-order valence-electron chi connectivity index (χ0n) is 18.6. The normalized spacial score (nSPS) is 14.0. The van der Waals surface area contributed by atoms with E-state index >= 15 is 0 Å². The Morgan fingerprint density at radius 1 is 1.12 bits per heavy atom. The summed E-state index contributed by atoms with van der Waals surface area (Å²) in [4.78, 5) is 25.0. The number of carbonyl (C=O) groups is 1. The molecular weight excluding hydrogens is 499 g/mol. The fourth-order valence-corrected chi connectivity index (χ4v) is 5.02. The highest BCUT2D eigenvalue weighted by atomic mass is 79.9. The van der Waals surface area contributed by atoms with Crippen molar-refractivity contribution in [3.8, 4) is 17.0 Å². The van der Waals surface area contributed by atoms with E-state index in [0.717, 1.165) is 37.6 Å². The highest BCUT2D eigenvalue weighted by Crippen LogP contribution is 2.36. The van der Waals surface area contributed by atoms with Crippen LogP contribution in [-0.4, -0.2) is 54.1 Å². The van der Waals surface area contributed by atoms with Crippen molar-refractivity contribution in [3.05, 3.63) is 71.6 Å². The number of amides is 1. The minimum absolute atomic E-state index is 0.399. The van der Waals surface area contributed by atoms with E-state index < -0.39 is 11.7 Å². The van der Waals surface area contributed by atoms with Crippen molar-refractivity contribution < 1.29 is 13.9 Å². The quantitative estimate of drug-likeness (QED) is 0.339. The molecule has 1 amide bonds. The smallest absolute Gasteiger partial charge is 0.282 e. The first-order valence-electron chi connectivity index (χ1n) is 10.9. The minimum atomic E-state index is -0.932. The van der Waals surface area contributed by atoms with E-state index in [9.17, 15) is 9.18 Å². The lowest BCUT2D eigenvalue weighted by Gasteiger charge is -2.36. The molecule has 2 aromatic heterocycles. The molecule has 5 rings (SSSR count). The van der Waals surface area contributed by atoms with Crippen LogP contribution in [-0.2, 0) is 4.79 Å². The van der Waals surface area contributed by atoms with Gasteiger partial charge >= 0.3 is 0 Å². The third-order valence-corrected chi connectivity index (χ3v) is 6.78. The Bertz CT molecular complexity index is 1430. The predicted octanol–water partition coefficient (Wildman–Crippen LogP) is 5.35. The number of aromatic nitrogens is 2. The van der Waals surface area contributed by atoms with Crippen LogP contribution in [0.2, 0.25) is 0 Å². The SMILES string of the molecule is C=C(F)C(=O)N1CCN(c2cc(OC)nc3cc(-c4cccc5cccc(Br)c45)cnc23)CC1. The largest absolute Gasteiger partial charge is 0.481 e. The van der Waals surface area contributed by atoms with E-state index in [1.165, 1.54) is 4.90 Å². The molecule has 1 aliphatic heterocycles. The van der Waals surface area contributed by atoms with Crippen LogP contribution in [0, 0.1) is 0 Å². The summed E-state index contributed by atoms with van der Waals surface area (Å²) in [6, 6.07) is 16.2. The van der Waals surface area contributed by atoms with E-state index in [2.05, 4.69) is 50.6 Å². The van der Waals surface area contributed by atoms with E-state index in [1.807, 2.05) is 36.5 Å². The van der Waals surface area contributed by atoms with Crippen LogP contribution in [0.3, 0.4) is 0 Å². The summed E-state index contributed by atoms with van der Waals surface area (Å²) in [6.45, 7) is 5.00. The van der Waals surface area contributed by atoms with Gasteiger partial charge < -0.3 is 14.5 Å². The lowest BCUT2D eigenvalue weighted by atomic mass is 9.99. The van der Waals surface area contributed by atoms with Gasteiger partial charge in [0.2, 0.25) is 5.88 Å². The number of halogens is 2. The first-order valence-corrected chi connectivity index (χ1v) is 11.7. The molecule has 0 spiro atoms. The number of fused-ring (bicyclic) bond motifs is 2. The highest BCUT2D eigenvalue weighted by molar-refractivity contribution is 9.10. The molecule has 3 heterocycles. The number of benzene rings is 2.